The molecule has 0 bridgehead atoms. The molecule has 0 saturated heterocycles. The van der Waals surface area contributed by atoms with Crippen molar-refractivity contribution in [2.45, 2.75) is 89.2 Å². The molecule has 0 fully saturated rings. The van der Waals surface area contributed by atoms with Gasteiger partial charge in [0.2, 0.25) is 14.1 Å². The van der Waals surface area contributed by atoms with Crippen molar-refractivity contribution in [3.63, 3.8) is 0 Å². The summed E-state index contributed by atoms with van der Waals surface area (Å²) in [5.74, 6) is 0.439. The van der Waals surface area contributed by atoms with Gasteiger partial charge < -0.3 is 14.2 Å². The first kappa shape index (κ1) is 35.5. The predicted molar refractivity (Wildman–Crippen MR) is 198 cm³/mol. The molecule has 1 aliphatic carbocycles. The van der Waals surface area contributed by atoms with E-state index in [-0.39, 0.29) is 27.5 Å². The summed E-state index contributed by atoms with van der Waals surface area (Å²) in [6, 6.07) is 12.5. The Morgan fingerprint density at radius 1 is 1.06 bits per heavy atom. The van der Waals surface area contributed by atoms with E-state index in [0.717, 1.165) is 30.9 Å². The monoisotopic (exact) mass is 755 g/mol. The Morgan fingerprint density at radius 3 is 2.36 bits per heavy atom. The molecule has 0 unspecified atom stereocenters. The van der Waals surface area contributed by atoms with Gasteiger partial charge in [-0.1, -0.05) is 44.5 Å². The summed E-state index contributed by atoms with van der Waals surface area (Å²) in [5.41, 5.74) is 4.48. The number of aromatic nitrogens is 1. The van der Waals surface area contributed by atoms with Crippen LogP contribution >= 0.6 is 15.9 Å². The van der Waals surface area contributed by atoms with Gasteiger partial charge in [-0.3, -0.25) is 9.79 Å². The summed E-state index contributed by atoms with van der Waals surface area (Å²) in [6.45, 7) is 20.3. The molecule has 5 rings (SSSR count). The average molecular weight is 757 g/mol. The van der Waals surface area contributed by atoms with Crippen molar-refractivity contribution in [1.29, 1.82) is 0 Å². The summed E-state index contributed by atoms with van der Waals surface area (Å²) >= 11 is 3.70. The molecule has 47 heavy (non-hydrogen) atoms. The van der Waals surface area contributed by atoms with Crippen LogP contribution in [0.1, 0.15) is 53.5 Å². The number of carbonyl (C=O) groups excluding carboxylic acids is 1. The third-order valence-corrected chi connectivity index (χ3v) is 16.6. The summed E-state index contributed by atoms with van der Waals surface area (Å²) in [6.07, 6.45) is 4.51. The maximum Gasteiger partial charge on any atom is 0.268 e. The number of allylic oxidation sites excluding steroid dienone is 2. The highest BCUT2D eigenvalue weighted by Crippen LogP contribution is 2.37. The first-order valence-electron chi connectivity index (χ1n) is 16.0. The second-order valence-corrected chi connectivity index (χ2v) is 26.9. The fraction of sp³-hybridized carbons (Fsp3) is 0.429. The summed E-state index contributed by atoms with van der Waals surface area (Å²) in [7, 11) is -7.96. The molecule has 8 nitrogen and oxygen atoms in total. The van der Waals surface area contributed by atoms with Crippen LogP contribution in [0.4, 0.5) is 0 Å². The molecular weight excluding hydrogens is 711 g/mol. The molecule has 1 atom stereocenters. The second kappa shape index (κ2) is 12.9. The minimum absolute atomic E-state index is 0.00361. The fourth-order valence-electron chi connectivity index (χ4n) is 5.43. The van der Waals surface area contributed by atoms with Crippen LogP contribution < -0.4 is 9.74 Å². The van der Waals surface area contributed by atoms with Crippen LogP contribution in [0, 0.1) is 6.92 Å². The summed E-state index contributed by atoms with van der Waals surface area (Å²) in [5, 5.41) is 3.50. The van der Waals surface area contributed by atoms with E-state index in [1.165, 1.54) is 0 Å². The molecule has 252 valence electrons. The van der Waals surface area contributed by atoms with E-state index in [1.807, 2.05) is 19.1 Å². The maximum absolute atomic E-state index is 14.3. The van der Waals surface area contributed by atoms with Crippen molar-refractivity contribution in [2.75, 3.05) is 13.2 Å². The number of nitrogens with zero attached hydrogens (tertiary/aromatic N) is 2. The third kappa shape index (κ3) is 7.61. The van der Waals surface area contributed by atoms with E-state index in [9.17, 15) is 13.2 Å². The van der Waals surface area contributed by atoms with E-state index in [1.54, 1.807) is 36.5 Å². The predicted octanol–water partition coefficient (Wildman–Crippen LogP) is 7.66. The van der Waals surface area contributed by atoms with Crippen molar-refractivity contribution in [2.24, 2.45) is 4.99 Å². The number of carbonyl (C=O) groups is 1. The summed E-state index contributed by atoms with van der Waals surface area (Å²) in [4.78, 5) is 19.2. The number of Topliss-reactive ketones (excluding diaryl/α,β-unsaturated/α-hetero) is 1. The molecule has 0 radical (unpaired) electrons. The van der Waals surface area contributed by atoms with Crippen molar-refractivity contribution in [3.8, 4) is 5.75 Å². The summed E-state index contributed by atoms with van der Waals surface area (Å²) < 4.78 is 42.9. The van der Waals surface area contributed by atoms with E-state index < -0.39 is 26.7 Å². The van der Waals surface area contributed by atoms with Gasteiger partial charge in [-0.15, -0.1) is 0 Å². The quantitative estimate of drug-likeness (QED) is 0.202. The molecule has 1 N–H and O–H groups in total. The first-order valence-corrected chi connectivity index (χ1v) is 24.6. The van der Waals surface area contributed by atoms with Gasteiger partial charge in [0.25, 0.3) is 10.0 Å². The van der Waals surface area contributed by atoms with Gasteiger partial charge in [0.05, 0.1) is 33.4 Å². The van der Waals surface area contributed by atoms with Crippen molar-refractivity contribution in [1.82, 2.24) is 9.29 Å². The highest BCUT2D eigenvalue weighted by molar-refractivity contribution is 9.10. The number of hydrogen-bond acceptors (Lipinski definition) is 7. The molecule has 1 aromatic heterocycles. The average Bonchev–Trinajstić information content (AvgIpc) is 3.37. The van der Waals surface area contributed by atoms with Crippen molar-refractivity contribution in [3.05, 3.63) is 92.9 Å². The fourth-order valence-corrected chi connectivity index (χ4v) is 9.36. The number of nitrogens with one attached hydrogen (secondary N) is 1. The SMILES string of the molecule is Cc1ccc(S(=O)(=O)n2cc3c4c2C(=O)C(N[C@H](CO[Si](C)(C)C(C)(C)C)Cc2ccc(O[Si](C)(C)C)c(Br)c2)=CC4=NCC3)cc1. The molecule has 12 heteroatoms. The maximum atomic E-state index is 14.3. The van der Waals surface area contributed by atoms with Crippen LogP contribution in [-0.4, -0.2) is 59.7 Å². The van der Waals surface area contributed by atoms with Crippen LogP contribution in [0.15, 0.2) is 74.8 Å². The minimum atomic E-state index is -4.03. The number of aryl methyl sites for hydroxylation is 1. The smallest absolute Gasteiger partial charge is 0.268 e. The molecular formula is C35H46BrN3O5SSi2. The Bertz CT molecular complexity index is 1870. The zero-order valence-corrected chi connectivity index (χ0v) is 33.2. The Labute approximate surface area is 290 Å². The third-order valence-electron chi connectivity index (χ3n) is 9.00. The lowest BCUT2D eigenvalue weighted by Gasteiger charge is -2.37. The van der Waals surface area contributed by atoms with E-state index in [2.05, 4.69) is 80.8 Å². The van der Waals surface area contributed by atoms with Gasteiger partial charge in [-0.2, -0.15) is 0 Å². The number of halogens is 1. The van der Waals surface area contributed by atoms with Gasteiger partial charge >= 0.3 is 0 Å². The van der Waals surface area contributed by atoms with Crippen LogP contribution in [0.5, 0.6) is 5.75 Å². The Hall–Kier alpha value is -2.78. The van der Waals surface area contributed by atoms with E-state index in [4.69, 9.17) is 13.8 Å². The molecule has 1 aliphatic heterocycles. The Morgan fingerprint density at radius 2 is 1.74 bits per heavy atom. The number of aliphatic imine (C=N–C) groups is 1. The molecule has 3 aromatic rings. The largest absolute Gasteiger partial charge is 0.544 e. The Kier molecular flexibility index (Phi) is 9.77. The lowest BCUT2D eigenvalue weighted by Crippen LogP contribution is -2.46. The van der Waals surface area contributed by atoms with E-state index >= 15 is 0 Å². The number of benzene rings is 2. The highest BCUT2D eigenvalue weighted by atomic mass is 79.9. The van der Waals surface area contributed by atoms with Gasteiger partial charge in [-0.25, -0.2) is 12.4 Å². The molecule has 2 heterocycles. The van der Waals surface area contributed by atoms with Gasteiger partial charge in [-0.05, 0) is 115 Å². The van der Waals surface area contributed by atoms with Crippen LogP contribution in [0.2, 0.25) is 37.8 Å². The van der Waals surface area contributed by atoms with E-state index in [0.29, 0.717) is 43.0 Å². The van der Waals surface area contributed by atoms with Crippen LogP contribution in [0.3, 0.4) is 0 Å². The number of ketones is 1. The van der Waals surface area contributed by atoms with Crippen molar-refractivity contribution < 1.29 is 22.1 Å². The topological polar surface area (TPSA) is 99.0 Å². The van der Waals surface area contributed by atoms with Gasteiger partial charge in [0.15, 0.2) is 8.32 Å². The van der Waals surface area contributed by atoms with Crippen LogP contribution in [-0.2, 0) is 27.3 Å². The van der Waals surface area contributed by atoms with Gasteiger partial charge in [0.1, 0.15) is 11.4 Å². The minimum Gasteiger partial charge on any atom is -0.544 e. The lowest BCUT2D eigenvalue weighted by molar-refractivity contribution is 0.101. The van der Waals surface area contributed by atoms with Gasteiger partial charge in [0, 0.05) is 18.3 Å². The Balaban J connectivity index is 1.50. The lowest BCUT2D eigenvalue weighted by atomic mass is 9.92. The standard InChI is InChI=1S/C35H46BrN3O5SSi2/c1-23-10-13-27(14-11-23)45(41,42)39-21-25-16-17-37-29-20-30(34(40)33(39)32(25)29)38-26(22-43-47(8,9)35(2,3)4)18-24-12-15-31(28(36)19-24)44-46(5,6)7/h10-15,19-21,26,38H,16-18,22H2,1-9H3/t26-/m0/s1. The molecule has 2 aromatic carbocycles. The molecule has 0 spiro atoms. The number of hydrogen-bond donors (Lipinski definition) is 1. The zero-order chi connectivity index (χ0) is 34.5. The first-order chi connectivity index (χ1) is 21.8. The molecule has 0 saturated carbocycles. The highest BCUT2D eigenvalue weighted by Gasteiger charge is 2.39. The van der Waals surface area contributed by atoms with Crippen LogP contribution in [0.25, 0.3) is 0 Å². The molecule has 2 aliphatic rings. The zero-order valence-electron chi connectivity index (χ0n) is 28.8. The second-order valence-electron chi connectivity index (χ2n) is 15.0. The van der Waals surface area contributed by atoms with Crippen molar-refractivity contribution >= 4 is 54.1 Å². The normalized spacial score (nSPS) is 15.9. The molecule has 0 amide bonds. The number of rotatable bonds is 11.